The van der Waals surface area contributed by atoms with Crippen LogP contribution in [0.1, 0.15) is 23.1 Å². The lowest BCUT2D eigenvalue weighted by atomic mass is 10.1. The van der Waals surface area contributed by atoms with Gasteiger partial charge in [0.05, 0.1) is 23.0 Å². The molecule has 0 radical (unpaired) electrons. The first-order valence-corrected chi connectivity index (χ1v) is 11.9. The monoisotopic (exact) mass is 454 g/mol. The molecule has 5 rings (SSSR count). The fourth-order valence-corrected chi connectivity index (χ4v) is 4.68. The van der Waals surface area contributed by atoms with Crippen molar-refractivity contribution in [1.82, 2.24) is 9.55 Å². The highest BCUT2D eigenvalue weighted by molar-refractivity contribution is 7.22. The third-order valence-corrected chi connectivity index (χ3v) is 6.71. The van der Waals surface area contributed by atoms with Crippen LogP contribution in [0.3, 0.4) is 0 Å². The number of anilines is 1. The third kappa shape index (κ3) is 4.76. The Labute approximate surface area is 197 Å². The Hall–Kier alpha value is -3.64. The van der Waals surface area contributed by atoms with Gasteiger partial charge in [-0.1, -0.05) is 47.7 Å². The summed E-state index contributed by atoms with van der Waals surface area (Å²) in [5.74, 6) is 0.934. The number of hydrogen-bond donors (Lipinski definition) is 1. The number of aromatic nitrogens is 2. The van der Waals surface area contributed by atoms with Crippen LogP contribution in [0.5, 0.6) is 5.75 Å². The van der Waals surface area contributed by atoms with Crippen LogP contribution in [0.15, 0.2) is 78.0 Å². The Kier molecular flexibility index (Phi) is 6.09. The van der Waals surface area contributed by atoms with Crippen molar-refractivity contribution in [3.63, 3.8) is 0 Å². The van der Waals surface area contributed by atoms with E-state index in [2.05, 4.69) is 82.6 Å². The summed E-state index contributed by atoms with van der Waals surface area (Å²) in [5.41, 5.74) is 8.89. The number of aryl methyl sites for hydroxylation is 3. The molecule has 166 valence electrons. The Morgan fingerprint density at radius 1 is 1.03 bits per heavy atom. The number of ether oxygens (including phenoxy) is 1. The van der Waals surface area contributed by atoms with Crippen molar-refractivity contribution in [2.24, 2.45) is 5.10 Å². The summed E-state index contributed by atoms with van der Waals surface area (Å²) < 4.78 is 9.39. The number of hydrogen-bond acceptors (Lipinski definition) is 5. The number of nitrogens with zero attached hydrogens (tertiary/aromatic N) is 3. The van der Waals surface area contributed by atoms with Crippen molar-refractivity contribution >= 4 is 43.8 Å². The van der Waals surface area contributed by atoms with E-state index >= 15 is 0 Å². The van der Waals surface area contributed by atoms with Gasteiger partial charge < -0.3 is 9.30 Å². The smallest absolute Gasteiger partial charge is 0.204 e. The number of hydrazone groups is 1. The molecule has 3 aromatic carbocycles. The number of fused-ring (bicyclic) bond motifs is 2. The molecular weight excluding hydrogens is 428 g/mol. The zero-order valence-corrected chi connectivity index (χ0v) is 19.6. The maximum absolute atomic E-state index is 5.97. The van der Waals surface area contributed by atoms with Crippen LogP contribution >= 0.6 is 11.3 Å². The van der Waals surface area contributed by atoms with Gasteiger partial charge in [0.15, 0.2) is 0 Å². The fourth-order valence-electron chi connectivity index (χ4n) is 3.87. The van der Waals surface area contributed by atoms with Crippen molar-refractivity contribution in [3.05, 3.63) is 89.6 Å². The SMILES string of the molecule is Cc1ccc(OCCCn2cc(/C=N/Nc3nc4ccccc4s3)c3ccccc32)cc1C. The van der Waals surface area contributed by atoms with E-state index in [1.807, 2.05) is 30.5 Å². The van der Waals surface area contributed by atoms with E-state index in [4.69, 9.17) is 4.74 Å². The fraction of sp³-hybridized carbons (Fsp3) is 0.185. The van der Waals surface area contributed by atoms with Crippen molar-refractivity contribution in [2.45, 2.75) is 26.8 Å². The van der Waals surface area contributed by atoms with E-state index in [0.717, 1.165) is 39.6 Å². The number of benzene rings is 3. The Bertz CT molecular complexity index is 1400. The normalized spacial score (nSPS) is 11.6. The highest BCUT2D eigenvalue weighted by atomic mass is 32.1. The van der Waals surface area contributed by atoms with Crippen LogP contribution in [0.25, 0.3) is 21.1 Å². The quantitative estimate of drug-likeness (QED) is 0.160. The highest BCUT2D eigenvalue weighted by Gasteiger charge is 2.07. The largest absolute Gasteiger partial charge is 0.494 e. The molecule has 2 aromatic heterocycles. The summed E-state index contributed by atoms with van der Waals surface area (Å²) >= 11 is 1.60. The molecule has 1 N–H and O–H groups in total. The van der Waals surface area contributed by atoms with Crippen LogP contribution in [-0.4, -0.2) is 22.4 Å². The molecule has 0 aliphatic heterocycles. The molecule has 0 amide bonds. The minimum atomic E-state index is 0.678. The molecule has 0 spiro atoms. The number of thiazole rings is 1. The summed E-state index contributed by atoms with van der Waals surface area (Å²) in [7, 11) is 0. The molecule has 0 saturated heterocycles. The maximum Gasteiger partial charge on any atom is 0.204 e. The van der Waals surface area contributed by atoms with Gasteiger partial charge in [0.2, 0.25) is 5.13 Å². The molecule has 0 atom stereocenters. The molecule has 2 heterocycles. The predicted molar refractivity (Wildman–Crippen MR) is 139 cm³/mol. The maximum atomic E-state index is 5.97. The summed E-state index contributed by atoms with van der Waals surface area (Å²) in [6.45, 7) is 5.79. The van der Waals surface area contributed by atoms with E-state index in [1.54, 1.807) is 11.3 Å². The molecule has 0 aliphatic rings. The average Bonchev–Trinajstić information content (AvgIpc) is 3.40. The van der Waals surface area contributed by atoms with E-state index < -0.39 is 0 Å². The topological polar surface area (TPSA) is 51.4 Å². The number of rotatable bonds is 8. The summed E-state index contributed by atoms with van der Waals surface area (Å²) in [6.07, 6.45) is 4.95. The van der Waals surface area contributed by atoms with Crippen LogP contribution in [0.2, 0.25) is 0 Å². The Balaban J connectivity index is 1.25. The molecular formula is C27H26N4OS. The summed E-state index contributed by atoms with van der Waals surface area (Å²) in [4.78, 5) is 4.57. The molecule has 0 bridgehead atoms. The van der Waals surface area contributed by atoms with Gasteiger partial charge in [0, 0.05) is 29.2 Å². The van der Waals surface area contributed by atoms with Gasteiger partial charge in [-0.25, -0.2) is 4.98 Å². The number of para-hydroxylation sites is 2. The van der Waals surface area contributed by atoms with Crippen LogP contribution < -0.4 is 10.2 Å². The molecule has 5 nitrogen and oxygen atoms in total. The lowest BCUT2D eigenvalue weighted by Gasteiger charge is -2.09. The van der Waals surface area contributed by atoms with Gasteiger partial charge in [-0.05, 0) is 61.7 Å². The van der Waals surface area contributed by atoms with Crippen LogP contribution in [-0.2, 0) is 6.54 Å². The lowest BCUT2D eigenvalue weighted by Crippen LogP contribution is -2.04. The summed E-state index contributed by atoms with van der Waals surface area (Å²) in [6, 6.07) is 22.8. The molecule has 5 aromatic rings. The van der Waals surface area contributed by atoms with E-state index in [1.165, 1.54) is 22.0 Å². The molecule has 0 unspecified atom stereocenters. The van der Waals surface area contributed by atoms with Crippen molar-refractivity contribution < 1.29 is 4.74 Å². The Morgan fingerprint density at radius 2 is 1.88 bits per heavy atom. The van der Waals surface area contributed by atoms with Gasteiger partial charge in [0.1, 0.15) is 5.75 Å². The second-order valence-electron chi connectivity index (χ2n) is 8.10. The first kappa shape index (κ1) is 21.2. The predicted octanol–water partition coefficient (Wildman–Crippen LogP) is 6.78. The van der Waals surface area contributed by atoms with Gasteiger partial charge in [-0.2, -0.15) is 5.10 Å². The average molecular weight is 455 g/mol. The van der Waals surface area contributed by atoms with Gasteiger partial charge in [-0.3, -0.25) is 5.43 Å². The first-order valence-electron chi connectivity index (χ1n) is 11.1. The van der Waals surface area contributed by atoms with E-state index in [9.17, 15) is 0 Å². The minimum Gasteiger partial charge on any atom is -0.494 e. The van der Waals surface area contributed by atoms with Gasteiger partial charge in [-0.15, -0.1) is 0 Å². The van der Waals surface area contributed by atoms with E-state index in [-0.39, 0.29) is 0 Å². The van der Waals surface area contributed by atoms with Crippen LogP contribution in [0, 0.1) is 13.8 Å². The number of nitrogens with one attached hydrogen (secondary N) is 1. The Morgan fingerprint density at radius 3 is 2.76 bits per heavy atom. The molecule has 33 heavy (non-hydrogen) atoms. The standard InChI is InChI=1S/C27H26N4OS/c1-19-12-13-22(16-20(19)2)32-15-7-14-31-18-21(23-8-3-5-10-25(23)31)17-28-30-27-29-24-9-4-6-11-26(24)33-27/h3-6,8-13,16-18H,7,14-15H2,1-2H3,(H,29,30)/b28-17+. The third-order valence-electron chi connectivity index (χ3n) is 5.77. The highest BCUT2D eigenvalue weighted by Crippen LogP contribution is 2.26. The first-order chi connectivity index (χ1) is 16.2. The van der Waals surface area contributed by atoms with Gasteiger partial charge in [0.25, 0.3) is 0 Å². The summed E-state index contributed by atoms with van der Waals surface area (Å²) in [5, 5.41) is 6.43. The van der Waals surface area contributed by atoms with Crippen molar-refractivity contribution in [1.29, 1.82) is 0 Å². The molecule has 0 saturated carbocycles. The lowest BCUT2D eigenvalue weighted by molar-refractivity contribution is 0.302. The zero-order chi connectivity index (χ0) is 22.6. The molecule has 6 heteroatoms. The van der Waals surface area contributed by atoms with Gasteiger partial charge >= 0.3 is 0 Å². The van der Waals surface area contributed by atoms with Crippen molar-refractivity contribution in [2.75, 3.05) is 12.0 Å². The molecule has 0 fully saturated rings. The van der Waals surface area contributed by atoms with Crippen LogP contribution in [0.4, 0.5) is 5.13 Å². The zero-order valence-electron chi connectivity index (χ0n) is 18.8. The minimum absolute atomic E-state index is 0.678. The molecule has 0 aliphatic carbocycles. The van der Waals surface area contributed by atoms with Crippen molar-refractivity contribution in [3.8, 4) is 5.75 Å². The second kappa shape index (κ2) is 9.46. The van der Waals surface area contributed by atoms with E-state index in [0.29, 0.717) is 6.61 Å². The second-order valence-corrected chi connectivity index (χ2v) is 9.13.